The van der Waals surface area contributed by atoms with Crippen LogP contribution in [0.5, 0.6) is 0 Å². The maximum Gasteiger partial charge on any atom is 0.255 e. The van der Waals surface area contributed by atoms with Gasteiger partial charge in [-0.1, -0.05) is 0 Å². The number of hydrogen-bond donors (Lipinski definition) is 1. The van der Waals surface area contributed by atoms with Crippen molar-refractivity contribution in [2.24, 2.45) is 0 Å². The number of pyridine rings is 1. The molecule has 15 heavy (non-hydrogen) atoms. The first-order valence-electron chi connectivity index (χ1n) is 4.41. The molecule has 0 fully saturated rings. The molecule has 0 radical (unpaired) electrons. The second-order valence-corrected chi connectivity index (χ2v) is 3.28. The van der Waals surface area contributed by atoms with Gasteiger partial charge in [-0.2, -0.15) is 0 Å². The van der Waals surface area contributed by atoms with Crippen LogP contribution < -0.4 is 5.56 Å². The molecule has 0 atom stereocenters. The van der Waals surface area contributed by atoms with E-state index >= 15 is 0 Å². The third-order valence-corrected chi connectivity index (χ3v) is 2.24. The summed E-state index contributed by atoms with van der Waals surface area (Å²) in [5.74, 6) is -0.669. The van der Waals surface area contributed by atoms with Crippen LogP contribution in [0.25, 0.3) is 10.8 Å². The van der Waals surface area contributed by atoms with Crippen molar-refractivity contribution in [3.8, 4) is 0 Å². The molecule has 0 amide bonds. The first-order valence-corrected chi connectivity index (χ1v) is 4.41. The van der Waals surface area contributed by atoms with Crippen molar-refractivity contribution in [3.63, 3.8) is 0 Å². The van der Waals surface area contributed by atoms with Crippen LogP contribution >= 0.6 is 0 Å². The molecule has 3 nitrogen and oxygen atoms in total. The Morgan fingerprint density at radius 1 is 1.33 bits per heavy atom. The van der Waals surface area contributed by atoms with Crippen LogP contribution in [0.2, 0.25) is 0 Å². The predicted octanol–water partition coefficient (Wildman–Crippen LogP) is 1.87. The number of carbonyl (C=O) groups excluding carboxylic acids is 1. The maximum atomic E-state index is 13.0. The number of rotatable bonds is 1. The topological polar surface area (TPSA) is 49.9 Å². The zero-order chi connectivity index (χ0) is 11.0. The first kappa shape index (κ1) is 9.58. The number of nitrogens with one attached hydrogen (secondary N) is 1. The molecule has 1 heterocycles. The van der Waals surface area contributed by atoms with E-state index in [-0.39, 0.29) is 11.3 Å². The van der Waals surface area contributed by atoms with Crippen LogP contribution in [0.1, 0.15) is 17.3 Å². The number of benzene rings is 1. The second-order valence-electron chi connectivity index (χ2n) is 3.28. The highest BCUT2D eigenvalue weighted by Crippen LogP contribution is 2.16. The number of aromatic amines is 1. The van der Waals surface area contributed by atoms with Crippen LogP contribution in [0.15, 0.2) is 29.2 Å². The van der Waals surface area contributed by atoms with E-state index in [0.717, 1.165) is 0 Å². The number of hydrogen-bond acceptors (Lipinski definition) is 2. The molecule has 1 aromatic heterocycles. The zero-order valence-corrected chi connectivity index (χ0v) is 8.00. The molecule has 2 aromatic rings. The van der Waals surface area contributed by atoms with Crippen LogP contribution in [0.3, 0.4) is 0 Å². The van der Waals surface area contributed by atoms with Crippen LogP contribution in [-0.2, 0) is 0 Å². The highest BCUT2D eigenvalue weighted by Gasteiger charge is 2.08. The zero-order valence-electron chi connectivity index (χ0n) is 8.00. The molecular weight excluding hydrogens is 197 g/mol. The molecule has 0 unspecified atom stereocenters. The van der Waals surface area contributed by atoms with Crippen molar-refractivity contribution >= 4 is 16.6 Å². The third-order valence-electron chi connectivity index (χ3n) is 2.24. The predicted molar refractivity (Wildman–Crippen MR) is 54.5 cm³/mol. The summed E-state index contributed by atoms with van der Waals surface area (Å²) in [5.41, 5.74) is -0.000833. The molecule has 0 saturated heterocycles. The van der Waals surface area contributed by atoms with Gasteiger partial charge in [-0.05, 0) is 25.1 Å². The van der Waals surface area contributed by atoms with Gasteiger partial charge in [-0.15, -0.1) is 0 Å². The van der Waals surface area contributed by atoms with E-state index in [1.807, 2.05) is 0 Å². The van der Waals surface area contributed by atoms with Gasteiger partial charge < -0.3 is 4.98 Å². The van der Waals surface area contributed by atoms with Crippen molar-refractivity contribution in [2.75, 3.05) is 0 Å². The van der Waals surface area contributed by atoms with Crippen molar-refractivity contribution < 1.29 is 9.18 Å². The van der Waals surface area contributed by atoms with Gasteiger partial charge in [0.25, 0.3) is 5.56 Å². The molecule has 0 aliphatic rings. The molecule has 0 bridgehead atoms. The molecule has 76 valence electrons. The Hall–Kier alpha value is -1.97. The van der Waals surface area contributed by atoms with Gasteiger partial charge in [0.15, 0.2) is 5.78 Å². The van der Waals surface area contributed by atoms with Crippen LogP contribution in [0.4, 0.5) is 4.39 Å². The van der Waals surface area contributed by atoms with E-state index in [1.54, 1.807) is 0 Å². The first-order chi connectivity index (χ1) is 7.09. The summed E-state index contributed by atoms with van der Waals surface area (Å²) in [6.45, 7) is 1.37. The fraction of sp³-hybridized carbons (Fsp3) is 0.0909. The maximum absolute atomic E-state index is 13.0. The number of fused-ring (bicyclic) bond motifs is 1. The van der Waals surface area contributed by atoms with Gasteiger partial charge >= 0.3 is 0 Å². The average Bonchev–Trinajstić information content (AvgIpc) is 2.17. The number of aromatic nitrogens is 1. The van der Waals surface area contributed by atoms with Crippen molar-refractivity contribution in [1.29, 1.82) is 0 Å². The molecule has 0 spiro atoms. The largest absolute Gasteiger partial charge is 0.328 e. The lowest BCUT2D eigenvalue weighted by Crippen LogP contribution is -2.09. The lowest BCUT2D eigenvalue weighted by Gasteiger charge is -2.02. The van der Waals surface area contributed by atoms with Gasteiger partial charge in [-0.3, -0.25) is 9.59 Å². The number of Topliss-reactive ketones (excluding diaryl/α,β-unsaturated/α-hetero) is 1. The molecule has 1 aromatic carbocycles. The van der Waals surface area contributed by atoms with E-state index in [2.05, 4.69) is 4.98 Å². The van der Waals surface area contributed by atoms with Crippen LogP contribution in [0, 0.1) is 5.82 Å². The normalized spacial score (nSPS) is 10.5. The highest BCUT2D eigenvalue weighted by atomic mass is 19.1. The highest BCUT2D eigenvalue weighted by molar-refractivity contribution is 6.06. The number of carbonyl (C=O) groups is 1. The molecule has 4 heteroatoms. The van der Waals surface area contributed by atoms with E-state index in [9.17, 15) is 14.0 Å². The Balaban J connectivity index is 2.96. The summed E-state index contributed by atoms with van der Waals surface area (Å²) in [6.07, 6.45) is 1.31. The van der Waals surface area contributed by atoms with Crippen molar-refractivity contribution in [2.45, 2.75) is 6.92 Å². The summed E-state index contributed by atoms with van der Waals surface area (Å²) in [5, 5.41) is 0.676. The smallest absolute Gasteiger partial charge is 0.255 e. The SMILES string of the molecule is CC(=O)c1c[nH]c(=O)c2ccc(F)cc12. The molecule has 0 saturated carbocycles. The fourth-order valence-corrected chi connectivity index (χ4v) is 1.52. The quantitative estimate of drug-likeness (QED) is 0.722. The molecule has 0 aliphatic heterocycles. The van der Waals surface area contributed by atoms with E-state index < -0.39 is 5.82 Å². The molecular formula is C11H8FNO2. The van der Waals surface area contributed by atoms with Gasteiger partial charge in [0.1, 0.15) is 5.82 Å². The third kappa shape index (κ3) is 1.54. The van der Waals surface area contributed by atoms with Gasteiger partial charge in [0.05, 0.1) is 0 Å². The summed E-state index contributed by atoms with van der Waals surface area (Å²) >= 11 is 0. The lowest BCUT2D eigenvalue weighted by atomic mass is 10.1. The van der Waals surface area contributed by atoms with Gasteiger partial charge in [0, 0.05) is 22.5 Å². The summed E-state index contributed by atoms with van der Waals surface area (Å²) < 4.78 is 13.0. The fourth-order valence-electron chi connectivity index (χ4n) is 1.52. The van der Waals surface area contributed by atoms with Gasteiger partial charge in [0.2, 0.25) is 0 Å². The molecule has 2 rings (SSSR count). The minimum atomic E-state index is -0.462. The minimum absolute atomic E-state index is 0.207. The Bertz CT molecular complexity index is 601. The summed E-state index contributed by atoms with van der Waals surface area (Å²) in [7, 11) is 0. The minimum Gasteiger partial charge on any atom is -0.328 e. The average molecular weight is 205 g/mol. The standard InChI is InChI=1S/C11H8FNO2/c1-6(14)10-5-13-11(15)8-3-2-7(12)4-9(8)10/h2-5H,1H3,(H,13,15). The Morgan fingerprint density at radius 3 is 2.73 bits per heavy atom. The molecule has 1 N–H and O–H groups in total. The Labute approximate surface area is 84.6 Å². The summed E-state index contributed by atoms with van der Waals surface area (Å²) in [4.78, 5) is 25.1. The van der Waals surface area contributed by atoms with Crippen LogP contribution in [-0.4, -0.2) is 10.8 Å². The van der Waals surface area contributed by atoms with E-state index in [1.165, 1.54) is 31.3 Å². The lowest BCUT2D eigenvalue weighted by molar-refractivity contribution is 0.101. The number of halogens is 1. The Kier molecular flexibility index (Phi) is 2.11. The monoisotopic (exact) mass is 205 g/mol. The van der Waals surface area contributed by atoms with Gasteiger partial charge in [-0.25, -0.2) is 4.39 Å². The van der Waals surface area contributed by atoms with Crippen molar-refractivity contribution in [1.82, 2.24) is 4.98 Å². The van der Waals surface area contributed by atoms with E-state index in [4.69, 9.17) is 0 Å². The van der Waals surface area contributed by atoms with Crippen molar-refractivity contribution in [3.05, 3.63) is 46.1 Å². The van der Waals surface area contributed by atoms with E-state index in [0.29, 0.717) is 16.3 Å². The second kappa shape index (κ2) is 3.31. The molecule has 0 aliphatic carbocycles. The Morgan fingerprint density at radius 2 is 2.07 bits per heavy atom. The number of ketones is 1. The number of H-pyrrole nitrogens is 1. The summed E-state index contributed by atoms with van der Waals surface area (Å²) in [6, 6.07) is 3.76.